The number of nitrogens with one attached hydrogen (secondary N) is 1. The van der Waals surface area contributed by atoms with E-state index >= 15 is 0 Å². The van der Waals surface area contributed by atoms with Crippen LogP contribution in [0.25, 0.3) is 0 Å². The molecule has 1 aromatic carbocycles. The molecule has 20 heavy (non-hydrogen) atoms. The summed E-state index contributed by atoms with van der Waals surface area (Å²) in [6.45, 7) is 7.92. The summed E-state index contributed by atoms with van der Waals surface area (Å²) in [6, 6.07) is 5.79. The first-order valence-corrected chi connectivity index (χ1v) is 7.07. The fourth-order valence-electron chi connectivity index (χ4n) is 2.17. The summed E-state index contributed by atoms with van der Waals surface area (Å²) in [5.41, 5.74) is 3.28. The number of likely N-dealkylation sites (N-methyl/N-ethyl adjacent to an activating group) is 1. The van der Waals surface area contributed by atoms with Crippen LogP contribution in [0, 0.1) is 13.8 Å². The number of aryl methyl sites for hydroxylation is 2. The van der Waals surface area contributed by atoms with Crippen molar-refractivity contribution in [2.45, 2.75) is 26.8 Å². The molecule has 0 saturated carbocycles. The second-order valence-electron chi connectivity index (χ2n) is 5.36. The standard InChI is InChI=1S/C16H26N2O2/c1-6-20-16(19)15(17-7-8-18(4)5)14-10-12(2)9-13(3)11-14/h9-11,15,17H,6-8H2,1-5H3. The molecular weight excluding hydrogens is 252 g/mol. The Kier molecular flexibility index (Phi) is 6.68. The normalized spacial score (nSPS) is 12.5. The van der Waals surface area contributed by atoms with E-state index in [1.165, 1.54) is 0 Å². The van der Waals surface area contributed by atoms with Crippen LogP contribution in [0.15, 0.2) is 18.2 Å². The third-order valence-corrected chi connectivity index (χ3v) is 3.01. The number of carbonyl (C=O) groups excluding carboxylic acids is 1. The van der Waals surface area contributed by atoms with Crippen molar-refractivity contribution in [2.75, 3.05) is 33.8 Å². The van der Waals surface area contributed by atoms with E-state index in [-0.39, 0.29) is 5.97 Å². The van der Waals surface area contributed by atoms with Gasteiger partial charge in [0.25, 0.3) is 0 Å². The number of rotatable bonds is 7. The molecule has 1 atom stereocenters. The van der Waals surface area contributed by atoms with Gasteiger partial charge >= 0.3 is 5.97 Å². The van der Waals surface area contributed by atoms with Crippen molar-refractivity contribution in [1.82, 2.24) is 10.2 Å². The number of hydrogen-bond donors (Lipinski definition) is 1. The van der Waals surface area contributed by atoms with Crippen molar-refractivity contribution in [1.29, 1.82) is 0 Å². The van der Waals surface area contributed by atoms with Gasteiger partial charge in [-0.1, -0.05) is 29.3 Å². The fourth-order valence-corrected chi connectivity index (χ4v) is 2.17. The van der Waals surface area contributed by atoms with Crippen LogP contribution in [0.1, 0.15) is 29.7 Å². The van der Waals surface area contributed by atoms with Gasteiger partial charge in [-0.05, 0) is 40.4 Å². The van der Waals surface area contributed by atoms with Crippen LogP contribution in [0.2, 0.25) is 0 Å². The predicted octanol–water partition coefficient (Wildman–Crippen LogP) is 2.06. The molecule has 0 heterocycles. The number of hydrogen-bond acceptors (Lipinski definition) is 4. The van der Waals surface area contributed by atoms with Crippen molar-refractivity contribution < 1.29 is 9.53 Å². The summed E-state index contributed by atoms with van der Waals surface area (Å²) in [6.07, 6.45) is 0. The molecule has 1 aromatic rings. The Morgan fingerprint density at radius 1 is 1.25 bits per heavy atom. The lowest BCUT2D eigenvalue weighted by atomic mass is 10.0. The quantitative estimate of drug-likeness (QED) is 0.775. The largest absolute Gasteiger partial charge is 0.465 e. The van der Waals surface area contributed by atoms with Crippen molar-refractivity contribution in [3.63, 3.8) is 0 Å². The van der Waals surface area contributed by atoms with E-state index in [2.05, 4.69) is 16.3 Å². The van der Waals surface area contributed by atoms with E-state index < -0.39 is 6.04 Å². The maximum Gasteiger partial charge on any atom is 0.327 e. The molecule has 0 radical (unpaired) electrons. The molecule has 1 rings (SSSR count). The molecule has 1 N–H and O–H groups in total. The van der Waals surface area contributed by atoms with E-state index in [1.54, 1.807) is 0 Å². The Labute approximate surface area is 122 Å². The summed E-state index contributed by atoms with van der Waals surface area (Å²) in [4.78, 5) is 14.2. The minimum atomic E-state index is -0.395. The summed E-state index contributed by atoms with van der Waals surface area (Å²) in [5, 5.41) is 3.29. The van der Waals surface area contributed by atoms with Crippen LogP contribution in [-0.2, 0) is 9.53 Å². The molecule has 0 spiro atoms. The number of benzene rings is 1. The molecule has 0 bridgehead atoms. The first-order chi connectivity index (χ1) is 9.43. The number of carbonyl (C=O) groups is 1. The van der Waals surface area contributed by atoms with E-state index in [0.717, 1.165) is 29.8 Å². The van der Waals surface area contributed by atoms with Crippen molar-refractivity contribution in [3.8, 4) is 0 Å². The monoisotopic (exact) mass is 278 g/mol. The minimum absolute atomic E-state index is 0.212. The minimum Gasteiger partial charge on any atom is -0.465 e. The average molecular weight is 278 g/mol. The Morgan fingerprint density at radius 2 is 1.85 bits per heavy atom. The molecule has 0 fully saturated rings. The Hall–Kier alpha value is -1.39. The molecule has 4 heteroatoms. The van der Waals surface area contributed by atoms with Crippen LogP contribution < -0.4 is 5.32 Å². The maximum atomic E-state index is 12.1. The number of esters is 1. The molecular formula is C16H26N2O2. The molecule has 0 saturated heterocycles. The van der Waals surface area contributed by atoms with E-state index in [9.17, 15) is 4.79 Å². The lowest BCUT2D eigenvalue weighted by Crippen LogP contribution is -2.35. The van der Waals surface area contributed by atoms with Gasteiger partial charge in [0, 0.05) is 13.1 Å². The van der Waals surface area contributed by atoms with E-state index in [1.807, 2.05) is 47.0 Å². The highest BCUT2D eigenvalue weighted by atomic mass is 16.5. The molecule has 4 nitrogen and oxygen atoms in total. The SMILES string of the molecule is CCOC(=O)C(NCCN(C)C)c1cc(C)cc(C)c1. The summed E-state index contributed by atoms with van der Waals surface area (Å²) < 4.78 is 5.18. The lowest BCUT2D eigenvalue weighted by molar-refractivity contribution is -0.145. The van der Waals surface area contributed by atoms with Crippen LogP contribution in [0.4, 0.5) is 0 Å². The van der Waals surface area contributed by atoms with Crippen molar-refractivity contribution >= 4 is 5.97 Å². The highest BCUT2D eigenvalue weighted by Crippen LogP contribution is 2.18. The van der Waals surface area contributed by atoms with Crippen LogP contribution in [-0.4, -0.2) is 44.7 Å². The topological polar surface area (TPSA) is 41.6 Å². The summed E-state index contributed by atoms with van der Waals surface area (Å²) >= 11 is 0. The Bertz CT molecular complexity index is 424. The highest BCUT2D eigenvalue weighted by molar-refractivity contribution is 5.77. The van der Waals surface area contributed by atoms with Gasteiger partial charge in [0.2, 0.25) is 0 Å². The van der Waals surface area contributed by atoms with Gasteiger partial charge in [0.1, 0.15) is 6.04 Å². The second-order valence-corrected chi connectivity index (χ2v) is 5.36. The first-order valence-electron chi connectivity index (χ1n) is 7.07. The molecule has 0 aliphatic heterocycles. The number of nitrogens with zero attached hydrogens (tertiary/aromatic N) is 1. The lowest BCUT2D eigenvalue weighted by Gasteiger charge is -2.20. The van der Waals surface area contributed by atoms with Gasteiger partial charge in [-0.15, -0.1) is 0 Å². The van der Waals surface area contributed by atoms with Gasteiger partial charge < -0.3 is 9.64 Å². The molecule has 112 valence electrons. The van der Waals surface area contributed by atoms with Crippen molar-refractivity contribution in [3.05, 3.63) is 34.9 Å². The summed E-state index contributed by atoms with van der Waals surface area (Å²) in [7, 11) is 4.02. The van der Waals surface area contributed by atoms with Gasteiger partial charge in [-0.2, -0.15) is 0 Å². The average Bonchev–Trinajstić information content (AvgIpc) is 2.33. The predicted molar refractivity (Wildman–Crippen MR) is 81.8 cm³/mol. The summed E-state index contributed by atoms with van der Waals surface area (Å²) in [5.74, 6) is -0.212. The van der Waals surface area contributed by atoms with E-state index in [0.29, 0.717) is 6.61 Å². The zero-order valence-corrected chi connectivity index (χ0v) is 13.2. The van der Waals surface area contributed by atoms with Crippen LogP contribution in [0.3, 0.4) is 0 Å². The second kappa shape index (κ2) is 8.02. The van der Waals surface area contributed by atoms with Crippen molar-refractivity contribution in [2.24, 2.45) is 0 Å². The molecule has 0 aliphatic carbocycles. The zero-order chi connectivity index (χ0) is 15.1. The third-order valence-electron chi connectivity index (χ3n) is 3.01. The van der Waals surface area contributed by atoms with Crippen LogP contribution >= 0.6 is 0 Å². The molecule has 0 amide bonds. The molecule has 0 aromatic heterocycles. The Balaban J connectivity index is 2.88. The smallest absolute Gasteiger partial charge is 0.327 e. The Morgan fingerprint density at radius 3 is 2.35 bits per heavy atom. The van der Waals surface area contributed by atoms with Gasteiger partial charge in [0.15, 0.2) is 0 Å². The van der Waals surface area contributed by atoms with Gasteiger partial charge in [-0.25, -0.2) is 4.79 Å². The van der Waals surface area contributed by atoms with E-state index in [4.69, 9.17) is 4.74 Å². The molecule has 0 aliphatic rings. The molecule has 1 unspecified atom stereocenters. The third kappa shape index (κ3) is 5.31. The number of ether oxygens (including phenoxy) is 1. The first kappa shape index (κ1) is 16.7. The zero-order valence-electron chi connectivity index (χ0n) is 13.2. The van der Waals surface area contributed by atoms with Gasteiger partial charge in [-0.3, -0.25) is 5.32 Å². The van der Waals surface area contributed by atoms with Gasteiger partial charge in [0.05, 0.1) is 6.61 Å². The maximum absolute atomic E-state index is 12.1. The fraction of sp³-hybridized carbons (Fsp3) is 0.562. The van der Waals surface area contributed by atoms with Crippen LogP contribution in [0.5, 0.6) is 0 Å². The highest BCUT2D eigenvalue weighted by Gasteiger charge is 2.21.